The van der Waals surface area contributed by atoms with Gasteiger partial charge in [-0.15, -0.1) is 0 Å². The van der Waals surface area contributed by atoms with Crippen LogP contribution in [0.2, 0.25) is 0 Å². The second kappa shape index (κ2) is 7.83. The Balaban J connectivity index is 4.80. The number of nitrogens with one attached hydrogen (secondary N) is 1. The predicted molar refractivity (Wildman–Crippen MR) is 73.3 cm³/mol. The number of rotatable bonds is 9. The lowest BCUT2D eigenvalue weighted by atomic mass is 9.91. The fraction of sp³-hybridized carbons (Fsp3) is 0.923. The van der Waals surface area contributed by atoms with Gasteiger partial charge in [-0.2, -0.15) is 13.2 Å². The van der Waals surface area contributed by atoms with Crippen LogP contribution in [0.25, 0.3) is 0 Å². The van der Waals surface area contributed by atoms with Crippen LogP contribution in [-0.4, -0.2) is 48.2 Å². The molecule has 0 rings (SSSR count). The molecule has 20 heavy (non-hydrogen) atoms. The summed E-state index contributed by atoms with van der Waals surface area (Å²) in [7, 11) is 0. The number of alkyl halides is 3. The molecule has 2 unspecified atom stereocenters. The second-order valence-electron chi connectivity index (χ2n) is 5.35. The number of hydrogen-bond donors (Lipinski definition) is 2. The number of nitrogens with two attached hydrogens (primary N) is 1. The lowest BCUT2D eigenvalue weighted by molar-refractivity contribution is -0.150. The van der Waals surface area contributed by atoms with Crippen molar-refractivity contribution in [1.29, 1.82) is 0 Å². The van der Waals surface area contributed by atoms with Crippen molar-refractivity contribution < 1.29 is 18.0 Å². The van der Waals surface area contributed by atoms with Crippen LogP contribution < -0.4 is 11.1 Å². The van der Waals surface area contributed by atoms with E-state index in [0.29, 0.717) is 6.54 Å². The first-order valence-corrected chi connectivity index (χ1v) is 6.91. The molecule has 0 aromatic heterocycles. The van der Waals surface area contributed by atoms with Gasteiger partial charge in [-0.05, 0) is 39.8 Å². The molecule has 0 aliphatic rings. The Kier molecular flexibility index (Phi) is 7.51. The van der Waals surface area contributed by atoms with Crippen molar-refractivity contribution in [2.45, 2.75) is 58.3 Å². The number of nitrogens with zero attached hydrogens (tertiary/aromatic N) is 1. The Bertz CT molecular complexity index is 310. The zero-order valence-corrected chi connectivity index (χ0v) is 12.7. The minimum Gasteiger partial charge on any atom is -0.368 e. The second-order valence-corrected chi connectivity index (χ2v) is 5.35. The third-order valence-corrected chi connectivity index (χ3v) is 3.42. The lowest BCUT2D eigenvalue weighted by Crippen LogP contribution is -2.57. The standard InChI is InChI=1S/C13H26F3N3O/c1-5-7-18-12(4,11(17)20)8-10(3)19(6-2)9-13(14,15)16/h10,18H,5-9H2,1-4H3,(H2,17,20). The molecule has 0 aliphatic carbocycles. The topological polar surface area (TPSA) is 58.4 Å². The molecule has 1 amide bonds. The summed E-state index contributed by atoms with van der Waals surface area (Å²) < 4.78 is 37.5. The molecule has 0 saturated carbocycles. The Labute approximate surface area is 118 Å². The van der Waals surface area contributed by atoms with Crippen molar-refractivity contribution >= 4 is 5.91 Å². The maximum Gasteiger partial charge on any atom is 0.401 e. The van der Waals surface area contributed by atoms with Crippen LogP contribution in [0, 0.1) is 0 Å². The largest absolute Gasteiger partial charge is 0.401 e. The average Bonchev–Trinajstić information content (AvgIpc) is 2.31. The Morgan fingerprint density at radius 1 is 1.35 bits per heavy atom. The molecule has 2 atom stereocenters. The van der Waals surface area contributed by atoms with E-state index in [-0.39, 0.29) is 13.0 Å². The van der Waals surface area contributed by atoms with E-state index in [1.807, 2.05) is 6.92 Å². The molecule has 0 aliphatic heterocycles. The predicted octanol–water partition coefficient (Wildman–Crippen LogP) is 1.89. The molecule has 7 heteroatoms. The number of carbonyl (C=O) groups is 1. The van der Waals surface area contributed by atoms with Gasteiger partial charge in [0.1, 0.15) is 0 Å². The van der Waals surface area contributed by atoms with E-state index in [1.165, 1.54) is 4.90 Å². The lowest BCUT2D eigenvalue weighted by Gasteiger charge is -2.35. The van der Waals surface area contributed by atoms with E-state index in [4.69, 9.17) is 5.73 Å². The monoisotopic (exact) mass is 297 g/mol. The van der Waals surface area contributed by atoms with Gasteiger partial charge < -0.3 is 11.1 Å². The summed E-state index contributed by atoms with van der Waals surface area (Å²) >= 11 is 0. The van der Waals surface area contributed by atoms with Gasteiger partial charge in [-0.3, -0.25) is 9.69 Å². The van der Waals surface area contributed by atoms with Crippen LogP contribution in [0.5, 0.6) is 0 Å². The molecule has 0 fully saturated rings. The summed E-state index contributed by atoms with van der Waals surface area (Å²) in [5, 5.41) is 3.04. The fourth-order valence-corrected chi connectivity index (χ4v) is 2.19. The summed E-state index contributed by atoms with van der Waals surface area (Å²) in [4.78, 5) is 12.9. The van der Waals surface area contributed by atoms with Crippen molar-refractivity contribution in [2.75, 3.05) is 19.6 Å². The van der Waals surface area contributed by atoms with Gasteiger partial charge in [0.2, 0.25) is 5.91 Å². The molecule has 0 radical (unpaired) electrons. The van der Waals surface area contributed by atoms with Crippen molar-refractivity contribution in [3.8, 4) is 0 Å². The van der Waals surface area contributed by atoms with E-state index in [9.17, 15) is 18.0 Å². The molecule has 0 saturated heterocycles. The Morgan fingerprint density at radius 3 is 2.25 bits per heavy atom. The van der Waals surface area contributed by atoms with E-state index in [2.05, 4.69) is 5.32 Å². The summed E-state index contributed by atoms with van der Waals surface area (Å²) in [6.45, 7) is 6.82. The van der Waals surface area contributed by atoms with Crippen LogP contribution in [0.3, 0.4) is 0 Å². The first kappa shape index (κ1) is 19.2. The molecular formula is C13H26F3N3O. The quantitative estimate of drug-likeness (QED) is 0.683. The highest BCUT2D eigenvalue weighted by Crippen LogP contribution is 2.22. The van der Waals surface area contributed by atoms with Crippen molar-refractivity contribution in [3.05, 3.63) is 0 Å². The van der Waals surface area contributed by atoms with Crippen LogP contribution in [0.15, 0.2) is 0 Å². The summed E-state index contributed by atoms with van der Waals surface area (Å²) in [5.74, 6) is -0.541. The molecule has 4 nitrogen and oxygen atoms in total. The number of halogens is 3. The van der Waals surface area contributed by atoms with Crippen LogP contribution in [0.4, 0.5) is 13.2 Å². The van der Waals surface area contributed by atoms with Gasteiger partial charge in [0.25, 0.3) is 0 Å². The minimum absolute atomic E-state index is 0.242. The first-order chi connectivity index (χ1) is 9.05. The number of primary amides is 1. The molecule has 0 heterocycles. The molecule has 0 aromatic carbocycles. The minimum atomic E-state index is -4.25. The van der Waals surface area contributed by atoms with Crippen LogP contribution in [0.1, 0.15) is 40.5 Å². The summed E-state index contributed by atoms with van der Waals surface area (Å²) in [6.07, 6.45) is -3.19. The van der Waals surface area contributed by atoms with E-state index in [1.54, 1.807) is 20.8 Å². The maximum atomic E-state index is 12.5. The van der Waals surface area contributed by atoms with Crippen molar-refractivity contribution in [2.24, 2.45) is 5.73 Å². The van der Waals surface area contributed by atoms with E-state index in [0.717, 1.165) is 6.42 Å². The third-order valence-electron chi connectivity index (χ3n) is 3.42. The maximum absolute atomic E-state index is 12.5. The highest BCUT2D eigenvalue weighted by molar-refractivity contribution is 5.84. The number of carbonyl (C=O) groups excluding carboxylic acids is 1. The van der Waals surface area contributed by atoms with E-state index >= 15 is 0 Å². The van der Waals surface area contributed by atoms with Crippen LogP contribution in [-0.2, 0) is 4.79 Å². The number of amides is 1. The number of hydrogen-bond acceptors (Lipinski definition) is 3. The molecule has 0 spiro atoms. The van der Waals surface area contributed by atoms with E-state index < -0.39 is 30.2 Å². The van der Waals surface area contributed by atoms with Gasteiger partial charge in [0.05, 0.1) is 12.1 Å². The van der Waals surface area contributed by atoms with Gasteiger partial charge in [0.15, 0.2) is 0 Å². The first-order valence-electron chi connectivity index (χ1n) is 6.91. The average molecular weight is 297 g/mol. The Morgan fingerprint density at radius 2 is 1.90 bits per heavy atom. The van der Waals surface area contributed by atoms with Gasteiger partial charge in [0, 0.05) is 6.04 Å². The van der Waals surface area contributed by atoms with Gasteiger partial charge in [-0.1, -0.05) is 13.8 Å². The van der Waals surface area contributed by atoms with Crippen molar-refractivity contribution in [1.82, 2.24) is 10.2 Å². The van der Waals surface area contributed by atoms with Gasteiger partial charge >= 0.3 is 6.18 Å². The normalized spacial score (nSPS) is 17.0. The SMILES string of the molecule is CCCNC(C)(CC(C)N(CC)CC(F)(F)F)C(N)=O. The third kappa shape index (κ3) is 6.56. The molecule has 0 aromatic rings. The highest BCUT2D eigenvalue weighted by Gasteiger charge is 2.37. The molecular weight excluding hydrogens is 271 g/mol. The highest BCUT2D eigenvalue weighted by atomic mass is 19.4. The zero-order valence-electron chi connectivity index (χ0n) is 12.7. The summed E-state index contributed by atoms with van der Waals surface area (Å²) in [6, 6.07) is -0.400. The Hall–Kier alpha value is -0.820. The molecule has 0 bridgehead atoms. The van der Waals surface area contributed by atoms with Crippen LogP contribution >= 0.6 is 0 Å². The molecule has 3 N–H and O–H groups in total. The smallest absolute Gasteiger partial charge is 0.368 e. The van der Waals surface area contributed by atoms with Gasteiger partial charge in [-0.25, -0.2) is 0 Å². The zero-order chi connectivity index (χ0) is 16.0. The van der Waals surface area contributed by atoms with Crippen molar-refractivity contribution in [3.63, 3.8) is 0 Å². The fourth-order valence-electron chi connectivity index (χ4n) is 2.19. The molecule has 120 valence electrons. The summed E-state index contributed by atoms with van der Waals surface area (Å²) in [5.41, 5.74) is 4.40.